The van der Waals surface area contributed by atoms with Crippen LogP contribution in [0.25, 0.3) is 10.4 Å². The molecule has 0 spiro atoms. The van der Waals surface area contributed by atoms with Crippen molar-refractivity contribution in [3.05, 3.63) is 10.4 Å². The van der Waals surface area contributed by atoms with Crippen LogP contribution in [0.1, 0.15) is 40.5 Å². The molecule has 4 atom stereocenters. The first kappa shape index (κ1) is 20.8. The third kappa shape index (κ3) is 5.63. The summed E-state index contributed by atoms with van der Waals surface area (Å²) in [7, 11) is 1.10. The van der Waals surface area contributed by atoms with Crippen LogP contribution in [-0.2, 0) is 23.8 Å². The van der Waals surface area contributed by atoms with E-state index in [0.717, 1.165) is 7.11 Å². The van der Waals surface area contributed by atoms with Gasteiger partial charge in [-0.2, -0.15) is 0 Å². The Hall–Kier alpha value is -2.28. The summed E-state index contributed by atoms with van der Waals surface area (Å²) in [5.41, 5.74) is 8.84. The molecular formula is C16H25N3O6. The van der Waals surface area contributed by atoms with Crippen molar-refractivity contribution >= 4 is 18.1 Å². The van der Waals surface area contributed by atoms with Gasteiger partial charge in [0.2, 0.25) is 0 Å². The van der Waals surface area contributed by atoms with Crippen LogP contribution in [-0.4, -0.2) is 37.3 Å². The highest BCUT2D eigenvalue weighted by Crippen LogP contribution is 2.33. The summed E-state index contributed by atoms with van der Waals surface area (Å²) in [5.74, 6) is -2.12. The number of carbonyl (C=O) groups excluding carboxylic acids is 3. The fraction of sp³-hybridized carbons (Fsp3) is 0.812. The van der Waals surface area contributed by atoms with Crippen LogP contribution in [0, 0.1) is 23.7 Å². The van der Waals surface area contributed by atoms with E-state index in [-0.39, 0.29) is 30.1 Å². The van der Waals surface area contributed by atoms with Gasteiger partial charge in [0.1, 0.15) is 6.10 Å². The molecule has 0 amide bonds. The molecule has 0 radical (unpaired) electrons. The fourth-order valence-electron chi connectivity index (χ4n) is 2.85. The lowest BCUT2D eigenvalue weighted by Gasteiger charge is -2.24. The van der Waals surface area contributed by atoms with E-state index in [1.165, 1.54) is 0 Å². The van der Waals surface area contributed by atoms with E-state index in [1.807, 2.05) is 13.8 Å². The fourth-order valence-corrected chi connectivity index (χ4v) is 2.85. The molecule has 0 N–H and O–H groups in total. The highest BCUT2D eigenvalue weighted by molar-refractivity contribution is 5.83. The van der Waals surface area contributed by atoms with E-state index in [1.54, 1.807) is 13.8 Å². The van der Waals surface area contributed by atoms with Gasteiger partial charge in [-0.1, -0.05) is 32.8 Å². The molecule has 9 nitrogen and oxygen atoms in total. The van der Waals surface area contributed by atoms with E-state index in [4.69, 9.17) is 10.3 Å². The van der Waals surface area contributed by atoms with Gasteiger partial charge in [0, 0.05) is 4.91 Å². The molecule has 1 rings (SSSR count). The van der Waals surface area contributed by atoms with Crippen LogP contribution in [0.3, 0.4) is 0 Å². The summed E-state index contributed by atoms with van der Waals surface area (Å²) in [4.78, 5) is 38.1. The van der Waals surface area contributed by atoms with Gasteiger partial charge in [-0.05, 0) is 30.2 Å². The highest BCUT2D eigenvalue weighted by Gasteiger charge is 2.42. The van der Waals surface area contributed by atoms with Crippen molar-refractivity contribution < 1.29 is 28.6 Å². The maximum Gasteiger partial charge on any atom is 0.515 e. The molecule has 0 unspecified atom stereocenters. The minimum absolute atomic E-state index is 0.106. The van der Waals surface area contributed by atoms with Gasteiger partial charge in [0.25, 0.3) is 0 Å². The first-order valence-electron chi connectivity index (χ1n) is 8.25. The third-order valence-corrected chi connectivity index (χ3v) is 4.44. The van der Waals surface area contributed by atoms with Crippen LogP contribution in [0.4, 0.5) is 4.79 Å². The number of carbonyl (C=O) groups is 3. The van der Waals surface area contributed by atoms with Crippen molar-refractivity contribution in [3.8, 4) is 0 Å². The summed E-state index contributed by atoms with van der Waals surface area (Å²) in [6.07, 6.45) is -1.15. The predicted molar refractivity (Wildman–Crippen MR) is 87.2 cm³/mol. The number of esters is 2. The summed E-state index contributed by atoms with van der Waals surface area (Å²) in [6, 6.07) is -0.713. The zero-order chi connectivity index (χ0) is 19.1. The molecule has 0 aliphatic carbocycles. The molecule has 1 heterocycles. The normalized spacial score (nSPS) is 22.1. The standard InChI is InChI=1S/C16H25N3O6/c1-8(2)10(15(21)25-16(22)23-5)6-12(18-19-17)13-7-11(9(3)4)14(20)24-13/h8-13H,6-7H2,1-5H3/t10-,11-,12-,13-/m0/s1. The molecule has 0 saturated carbocycles. The molecule has 1 aliphatic heterocycles. The second-order valence-corrected chi connectivity index (χ2v) is 6.80. The van der Waals surface area contributed by atoms with Crippen molar-refractivity contribution in [2.75, 3.05) is 7.11 Å². The SMILES string of the molecule is COC(=O)OC(=O)[C@@H](C[C@H](N=[N+]=[N-])[C@@H]1C[C@@H](C(C)C)C(=O)O1)C(C)C. The lowest BCUT2D eigenvalue weighted by Crippen LogP contribution is -2.33. The van der Waals surface area contributed by atoms with Gasteiger partial charge >= 0.3 is 18.1 Å². The van der Waals surface area contributed by atoms with Gasteiger partial charge in [0.15, 0.2) is 0 Å². The van der Waals surface area contributed by atoms with Crippen molar-refractivity contribution in [3.63, 3.8) is 0 Å². The van der Waals surface area contributed by atoms with Crippen LogP contribution in [0.15, 0.2) is 5.11 Å². The average molecular weight is 355 g/mol. The first-order valence-corrected chi connectivity index (χ1v) is 8.25. The molecule has 0 aromatic carbocycles. The predicted octanol–water partition coefficient (Wildman–Crippen LogP) is 3.22. The lowest BCUT2D eigenvalue weighted by atomic mass is 9.85. The number of hydrogen-bond acceptors (Lipinski definition) is 7. The number of rotatable bonds is 7. The van der Waals surface area contributed by atoms with Crippen molar-refractivity contribution in [1.82, 2.24) is 0 Å². The summed E-state index contributed by atoms with van der Waals surface area (Å²) in [6.45, 7) is 7.41. The minimum atomic E-state index is -1.09. The Bertz CT molecular complexity index is 556. The minimum Gasteiger partial charge on any atom is -0.462 e. The molecule has 9 heteroatoms. The number of hydrogen-bond donors (Lipinski definition) is 0. The van der Waals surface area contributed by atoms with E-state index in [0.29, 0.717) is 6.42 Å². The first-order chi connectivity index (χ1) is 11.7. The number of methoxy groups -OCH3 is 1. The Kier molecular flexibility index (Phi) is 7.70. The molecule has 1 saturated heterocycles. The van der Waals surface area contributed by atoms with E-state index >= 15 is 0 Å². The molecule has 0 aromatic heterocycles. The largest absolute Gasteiger partial charge is 0.515 e. The van der Waals surface area contributed by atoms with E-state index in [2.05, 4.69) is 19.5 Å². The van der Waals surface area contributed by atoms with E-state index < -0.39 is 30.2 Å². The molecule has 0 aromatic rings. The Morgan fingerprint density at radius 1 is 1.36 bits per heavy atom. The Balaban J connectivity index is 2.90. The topological polar surface area (TPSA) is 128 Å². The van der Waals surface area contributed by atoms with Gasteiger partial charge in [-0.25, -0.2) is 4.79 Å². The van der Waals surface area contributed by atoms with Crippen molar-refractivity contribution in [2.24, 2.45) is 28.8 Å². The second kappa shape index (κ2) is 9.27. The van der Waals surface area contributed by atoms with E-state index in [9.17, 15) is 14.4 Å². The second-order valence-electron chi connectivity index (χ2n) is 6.80. The van der Waals surface area contributed by atoms with Gasteiger partial charge in [0.05, 0.1) is 25.0 Å². The summed E-state index contributed by atoms with van der Waals surface area (Å²) >= 11 is 0. The van der Waals surface area contributed by atoms with Crippen LogP contribution in [0.5, 0.6) is 0 Å². The van der Waals surface area contributed by atoms with Gasteiger partial charge in [-0.15, -0.1) is 0 Å². The molecule has 0 bridgehead atoms. The number of azide groups is 1. The third-order valence-electron chi connectivity index (χ3n) is 4.44. The highest BCUT2D eigenvalue weighted by atomic mass is 16.7. The van der Waals surface area contributed by atoms with Crippen LogP contribution < -0.4 is 0 Å². The monoisotopic (exact) mass is 355 g/mol. The zero-order valence-electron chi connectivity index (χ0n) is 15.2. The molecule has 1 aliphatic rings. The molecule has 1 fully saturated rings. The van der Waals surface area contributed by atoms with Crippen LogP contribution >= 0.6 is 0 Å². The maximum atomic E-state index is 12.2. The number of cyclic esters (lactones) is 1. The molecule has 25 heavy (non-hydrogen) atoms. The summed E-state index contributed by atoms with van der Waals surface area (Å²) in [5, 5.41) is 3.72. The quantitative estimate of drug-likeness (QED) is 0.227. The number of nitrogens with zero attached hydrogens (tertiary/aromatic N) is 3. The zero-order valence-corrected chi connectivity index (χ0v) is 15.2. The smallest absolute Gasteiger partial charge is 0.462 e. The Morgan fingerprint density at radius 3 is 2.44 bits per heavy atom. The number of ether oxygens (including phenoxy) is 3. The van der Waals surface area contributed by atoms with Crippen molar-refractivity contribution in [1.29, 1.82) is 0 Å². The molecule has 140 valence electrons. The maximum absolute atomic E-state index is 12.2. The Morgan fingerprint density at radius 2 is 2.00 bits per heavy atom. The van der Waals surface area contributed by atoms with Crippen LogP contribution in [0.2, 0.25) is 0 Å². The lowest BCUT2D eigenvalue weighted by molar-refractivity contribution is -0.147. The van der Waals surface area contributed by atoms with Gasteiger partial charge in [-0.3, -0.25) is 9.59 Å². The average Bonchev–Trinajstić information content (AvgIpc) is 2.92. The molecular weight excluding hydrogens is 330 g/mol. The summed E-state index contributed by atoms with van der Waals surface area (Å²) < 4.78 is 14.3. The van der Waals surface area contributed by atoms with Crippen molar-refractivity contribution in [2.45, 2.75) is 52.7 Å². The Labute approximate surface area is 146 Å². The van der Waals surface area contributed by atoms with Gasteiger partial charge < -0.3 is 14.2 Å².